The van der Waals surface area contributed by atoms with Gasteiger partial charge in [0.15, 0.2) is 0 Å². The van der Waals surface area contributed by atoms with Crippen LogP contribution in [0.2, 0.25) is 0 Å². The Hall–Kier alpha value is -1.63. The summed E-state index contributed by atoms with van der Waals surface area (Å²) in [5.41, 5.74) is 2.02. The quantitative estimate of drug-likeness (QED) is 0.431. The van der Waals surface area contributed by atoms with Crippen molar-refractivity contribution < 1.29 is 4.79 Å². The smallest absolute Gasteiger partial charge is 0.294 e. The highest BCUT2D eigenvalue weighted by atomic mass is 16.2. The Morgan fingerprint density at radius 3 is 3.00 bits per heavy atom. The normalized spacial score (nSPS) is 14.9. The lowest BCUT2D eigenvalue weighted by atomic mass is 10.2. The maximum atomic E-state index is 12.0. The number of aryl methyl sites for hydroxylation is 2. The number of hydrogen-bond donors (Lipinski definition) is 2. The van der Waals surface area contributed by atoms with Gasteiger partial charge in [-0.1, -0.05) is 6.42 Å². The Balaban J connectivity index is 2.01. The molecule has 0 radical (unpaired) electrons. The topological polar surface area (TPSA) is 94.9 Å². The number of carbonyl (C=O) groups excluding carboxylic acids is 1. The third kappa shape index (κ3) is 2.79. The molecule has 0 aliphatic carbocycles. The lowest BCUT2D eigenvalue weighted by molar-refractivity contribution is -0.121. The van der Waals surface area contributed by atoms with Crippen molar-refractivity contribution in [1.82, 2.24) is 19.8 Å². The number of amides is 1. The number of hydrazine groups is 1. The van der Waals surface area contributed by atoms with E-state index in [9.17, 15) is 9.59 Å². The van der Waals surface area contributed by atoms with E-state index < -0.39 is 0 Å². The molecule has 1 aromatic rings. The molecule has 2 heterocycles. The number of aromatic nitrogens is 3. The van der Waals surface area contributed by atoms with Crippen LogP contribution < -0.4 is 17.0 Å². The number of nitrogens with zero attached hydrogens (tertiary/aromatic N) is 3. The van der Waals surface area contributed by atoms with Crippen LogP contribution in [0.5, 0.6) is 0 Å². The molecule has 1 aromatic heterocycles. The van der Waals surface area contributed by atoms with Crippen LogP contribution >= 0.6 is 0 Å². The molecule has 0 aromatic carbocycles. The molecule has 0 bridgehead atoms. The minimum atomic E-state index is -0.219. The number of nitrogens with one attached hydrogen (secondary N) is 1. The molecule has 0 saturated heterocycles. The predicted molar refractivity (Wildman–Crippen MR) is 65.6 cm³/mol. The molecule has 7 heteroatoms. The van der Waals surface area contributed by atoms with Crippen LogP contribution in [-0.2, 0) is 24.3 Å². The first kappa shape index (κ1) is 12.8. The van der Waals surface area contributed by atoms with Gasteiger partial charge >= 0.3 is 5.69 Å². The number of rotatable bonds is 4. The molecule has 7 nitrogen and oxygen atoms in total. The van der Waals surface area contributed by atoms with Gasteiger partial charge in [0.25, 0.3) is 0 Å². The summed E-state index contributed by atoms with van der Waals surface area (Å²) in [6.45, 7) is 1.23. The van der Waals surface area contributed by atoms with E-state index in [-0.39, 0.29) is 11.6 Å². The minimum absolute atomic E-state index is 0.0555. The van der Waals surface area contributed by atoms with Gasteiger partial charge in [0.2, 0.25) is 5.91 Å². The molecular formula is C11H19N5O2. The molecule has 3 N–H and O–H groups in total. The molecule has 0 saturated carbocycles. The average Bonchev–Trinajstić information content (AvgIpc) is 2.57. The number of nitrogens with two attached hydrogens (primary N) is 1. The number of hydrogen-bond acceptors (Lipinski definition) is 4. The highest BCUT2D eigenvalue weighted by Gasteiger charge is 2.15. The summed E-state index contributed by atoms with van der Waals surface area (Å²) in [5, 5.41) is 4.34. The van der Waals surface area contributed by atoms with Crippen molar-refractivity contribution in [3.8, 4) is 0 Å². The van der Waals surface area contributed by atoms with Crippen molar-refractivity contribution in [3.63, 3.8) is 0 Å². The van der Waals surface area contributed by atoms with Crippen molar-refractivity contribution >= 4 is 5.91 Å². The molecule has 0 spiro atoms. The largest absolute Gasteiger partial charge is 0.345 e. The lowest BCUT2D eigenvalue weighted by Crippen LogP contribution is -2.30. The second kappa shape index (κ2) is 5.81. The summed E-state index contributed by atoms with van der Waals surface area (Å²) in [5.74, 6) is 5.65. The van der Waals surface area contributed by atoms with Crippen molar-refractivity contribution in [1.29, 1.82) is 0 Å². The highest BCUT2D eigenvalue weighted by Crippen LogP contribution is 2.10. The van der Waals surface area contributed by atoms with Crippen molar-refractivity contribution in [2.75, 3.05) is 0 Å². The van der Waals surface area contributed by atoms with Gasteiger partial charge in [-0.05, 0) is 19.3 Å². The van der Waals surface area contributed by atoms with E-state index in [1.165, 1.54) is 4.68 Å². The van der Waals surface area contributed by atoms with Crippen LogP contribution in [-0.4, -0.2) is 20.3 Å². The second-order valence-electron chi connectivity index (χ2n) is 4.56. The summed E-state index contributed by atoms with van der Waals surface area (Å²) in [4.78, 5) is 23.0. The van der Waals surface area contributed by atoms with Gasteiger partial charge in [-0.25, -0.2) is 15.3 Å². The van der Waals surface area contributed by atoms with E-state index >= 15 is 0 Å². The van der Waals surface area contributed by atoms with Gasteiger partial charge in [0, 0.05) is 25.9 Å². The minimum Gasteiger partial charge on any atom is -0.294 e. The number of carbonyl (C=O) groups is 1. The van der Waals surface area contributed by atoms with Crippen molar-refractivity contribution in [2.24, 2.45) is 5.84 Å². The average molecular weight is 253 g/mol. The first-order valence-corrected chi connectivity index (χ1v) is 6.38. The fourth-order valence-electron chi connectivity index (χ4n) is 2.23. The van der Waals surface area contributed by atoms with Gasteiger partial charge in [0.05, 0.1) is 0 Å². The number of fused-ring (bicyclic) bond motifs is 1. The van der Waals surface area contributed by atoms with Crippen LogP contribution in [0.1, 0.15) is 37.9 Å². The SMILES string of the molecule is NNC(=O)CCCn1nc2n(c1=O)CCCCC2. The molecule has 2 rings (SSSR count). The van der Waals surface area contributed by atoms with Gasteiger partial charge in [-0.2, -0.15) is 5.10 Å². The summed E-state index contributed by atoms with van der Waals surface area (Å²) >= 11 is 0. The molecule has 1 aliphatic heterocycles. The van der Waals surface area contributed by atoms with Gasteiger partial charge in [-0.3, -0.25) is 14.8 Å². The molecule has 0 atom stereocenters. The standard InChI is InChI=1S/C11H19N5O2/c12-13-10(17)6-4-8-16-11(18)15-7-3-1-2-5-9(15)14-16/h1-8,12H2,(H,13,17). The molecule has 0 unspecified atom stereocenters. The molecule has 18 heavy (non-hydrogen) atoms. The second-order valence-corrected chi connectivity index (χ2v) is 4.56. The van der Waals surface area contributed by atoms with E-state index in [0.717, 1.165) is 38.1 Å². The van der Waals surface area contributed by atoms with Gasteiger partial charge in [0.1, 0.15) is 5.82 Å². The van der Waals surface area contributed by atoms with Crippen LogP contribution in [0.3, 0.4) is 0 Å². The fourth-order valence-corrected chi connectivity index (χ4v) is 2.23. The van der Waals surface area contributed by atoms with E-state index in [1.54, 1.807) is 4.57 Å². The van der Waals surface area contributed by atoms with Crippen LogP contribution in [0, 0.1) is 0 Å². The summed E-state index contributed by atoms with van der Waals surface area (Å²) in [7, 11) is 0. The maximum absolute atomic E-state index is 12.0. The Kier molecular flexibility index (Phi) is 4.14. The Bertz CT molecular complexity index is 476. The van der Waals surface area contributed by atoms with E-state index in [4.69, 9.17) is 5.84 Å². The van der Waals surface area contributed by atoms with Gasteiger partial charge in [-0.15, -0.1) is 0 Å². The first-order valence-electron chi connectivity index (χ1n) is 6.38. The summed E-state index contributed by atoms with van der Waals surface area (Å²) < 4.78 is 3.22. The first-order chi connectivity index (χ1) is 8.72. The molecule has 0 fully saturated rings. The predicted octanol–water partition coefficient (Wildman–Crippen LogP) is -0.459. The fraction of sp³-hybridized carbons (Fsp3) is 0.727. The zero-order chi connectivity index (χ0) is 13.0. The molecular weight excluding hydrogens is 234 g/mol. The zero-order valence-electron chi connectivity index (χ0n) is 10.4. The maximum Gasteiger partial charge on any atom is 0.345 e. The van der Waals surface area contributed by atoms with Crippen LogP contribution in [0.15, 0.2) is 4.79 Å². The highest BCUT2D eigenvalue weighted by molar-refractivity contribution is 5.74. The van der Waals surface area contributed by atoms with Crippen LogP contribution in [0.25, 0.3) is 0 Å². The third-order valence-electron chi connectivity index (χ3n) is 3.22. The zero-order valence-corrected chi connectivity index (χ0v) is 10.4. The molecule has 1 amide bonds. The lowest BCUT2D eigenvalue weighted by Gasteiger charge is -2.00. The van der Waals surface area contributed by atoms with E-state index in [2.05, 4.69) is 10.5 Å². The third-order valence-corrected chi connectivity index (χ3v) is 3.22. The monoisotopic (exact) mass is 253 g/mol. The molecule has 1 aliphatic rings. The Morgan fingerprint density at radius 2 is 2.22 bits per heavy atom. The van der Waals surface area contributed by atoms with Crippen LogP contribution in [0.4, 0.5) is 0 Å². The van der Waals surface area contributed by atoms with Gasteiger partial charge < -0.3 is 0 Å². The van der Waals surface area contributed by atoms with E-state index in [0.29, 0.717) is 19.4 Å². The van der Waals surface area contributed by atoms with E-state index in [1.807, 2.05) is 0 Å². The Labute approximate surface area is 105 Å². The summed E-state index contributed by atoms with van der Waals surface area (Å²) in [6.07, 6.45) is 5.02. The Morgan fingerprint density at radius 1 is 1.39 bits per heavy atom. The summed E-state index contributed by atoms with van der Waals surface area (Å²) in [6, 6.07) is 0. The molecule has 100 valence electrons. The van der Waals surface area contributed by atoms with Crippen molar-refractivity contribution in [2.45, 2.75) is 51.6 Å². The van der Waals surface area contributed by atoms with Crippen molar-refractivity contribution in [3.05, 3.63) is 16.3 Å².